The average Bonchev–Trinajstić information content (AvgIpc) is 2.36. The molecule has 0 spiro atoms. The van der Waals surface area contributed by atoms with Crippen molar-refractivity contribution in [2.45, 2.75) is 19.3 Å². The molecular weight excluding hydrogens is 378 g/mol. The highest BCUT2D eigenvalue weighted by atomic mass is 79.9. The Morgan fingerprint density at radius 2 is 1.89 bits per heavy atom. The predicted molar refractivity (Wildman–Crippen MR) is 81.4 cm³/mol. The van der Waals surface area contributed by atoms with Crippen LogP contribution in [0.3, 0.4) is 0 Å². The van der Waals surface area contributed by atoms with Crippen molar-refractivity contribution in [1.82, 2.24) is 5.32 Å². The van der Waals surface area contributed by atoms with Gasteiger partial charge in [0, 0.05) is 27.5 Å². The van der Waals surface area contributed by atoms with Gasteiger partial charge in [-0.2, -0.15) is 0 Å². The van der Waals surface area contributed by atoms with Crippen LogP contribution in [0.25, 0.3) is 0 Å². The molecule has 7 heteroatoms. The lowest BCUT2D eigenvalue weighted by molar-refractivity contribution is 0.0953. The van der Waals surface area contributed by atoms with Gasteiger partial charge in [-0.3, -0.25) is 4.79 Å². The molecule has 5 nitrogen and oxygen atoms in total. The van der Waals surface area contributed by atoms with E-state index in [0.29, 0.717) is 18.5 Å². The Morgan fingerprint density at radius 1 is 1.26 bits per heavy atom. The minimum Gasteiger partial charge on any atom is -0.409 e. The molecule has 0 radical (unpaired) electrons. The van der Waals surface area contributed by atoms with Crippen LogP contribution in [0.15, 0.2) is 32.3 Å². The van der Waals surface area contributed by atoms with E-state index in [9.17, 15) is 4.79 Å². The van der Waals surface area contributed by atoms with Crippen LogP contribution in [-0.4, -0.2) is 23.5 Å². The molecule has 4 N–H and O–H groups in total. The van der Waals surface area contributed by atoms with Crippen molar-refractivity contribution >= 4 is 43.6 Å². The molecule has 0 atom stereocenters. The Bertz CT molecular complexity index is 458. The highest BCUT2D eigenvalue weighted by Crippen LogP contribution is 2.19. The number of carbonyl (C=O) groups is 1. The summed E-state index contributed by atoms with van der Waals surface area (Å²) in [5.74, 6) is 0.0908. The predicted octanol–water partition coefficient (Wildman–Crippen LogP) is 2.86. The van der Waals surface area contributed by atoms with E-state index in [1.54, 1.807) is 12.1 Å². The Balaban J connectivity index is 2.35. The summed E-state index contributed by atoms with van der Waals surface area (Å²) < 4.78 is 1.69. The zero-order valence-corrected chi connectivity index (χ0v) is 13.4. The number of nitrogens with one attached hydrogen (secondary N) is 1. The van der Waals surface area contributed by atoms with Crippen molar-refractivity contribution in [1.29, 1.82) is 0 Å². The molecule has 19 heavy (non-hydrogen) atoms. The smallest absolute Gasteiger partial charge is 0.251 e. The molecule has 1 aromatic rings. The number of nitrogens with zero attached hydrogens (tertiary/aromatic N) is 1. The molecule has 1 amide bonds. The van der Waals surface area contributed by atoms with E-state index in [1.165, 1.54) is 0 Å². The molecule has 1 aromatic carbocycles. The minimum atomic E-state index is -0.120. The molecule has 0 aromatic heterocycles. The topological polar surface area (TPSA) is 87.7 Å². The van der Waals surface area contributed by atoms with Crippen LogP contribution in [0.4, 0.5) is 0 Å². The van der Waals surface area contributed by atoms with Gasteiger partial charge in [0.05, 0.1) is 0 Å². The van der Waals surface area contributed by atoms with Crippen LogP contribution < -0.4 is 11.1 Å². The SMILES string of the molecule is N/C(CCCCNC(=O)c1cc(Br)cc(Br)c1)=N/O. The monoisotopic (exact) mass is 391 g/mol. The van der Waals surface area contributed by atoms with E-state index in [0.717, 1.165) is 21.8 Å². The molecule has 0 fully saturated rings. The van der Waals surface area contributed by atoms with Crippen molar-refractivity contribution in [2.75, 3.05) is 6.54 Å². The molecule has 0 heterocycles. The zero-order chi connectivity index (χ0) is 14.3. The lowest BCUT2D eigenvalue weighted by Crippen LogP contribution is -2.24. The van der Waals surface area contributed by atoms with Crippen LogP contribution >= 0.6 is 31.9 Å². The Kier molecular flexibility index (Phi) is 6.86. The van der Waals surface area contributed by atoms with E-state index < -0.39 is 0 Å². The summed E-state index contributed by atoms with van der Waals surface area (Å²) in [6.45, 7) is 0.557. The van der Waals surface area contributed by atoms with Crippen molar-refractivity contribution in [3.63, 3.8) is 0 Å². The van der Waals surface area contributed by atoms with Crippen LogP contribution in [0.5, 0.6) is 0 Å². The van der Waals surface area contributed by atoms with Gasteiger partial charge in [0.1, 0.15) is 5.84 Å². The first-order valence-electron chi connectivity index (χ1n) is 5.73. The van der Waals surface area contributed by atoms with Crippen LogP contribution in [0.2, 0.25) is 0 Å². The summed E-state index contributed by atoms with van der Waals surface area (Å²) in [5, 5.41) is 14.1. The molecule has 104 valence electrons. The van der Waals surface area contributed by atoms with E-state index >= 15 is 0 Å². The van der Waals surface area contributed by atoms with Crippen molar-refractivity contribution < 1.29 is 10.0 Å². The Hall–Kier alpha value is -1.08. The highest BCUT2D eigenvalue weighted by Gasteiger charge is 2.06. The summed E-state index contributed by atoms with van der Waals surface area (Å²) in [4.78, 5) is 11.9. The molecule has 0 aliphatic carbocycles. The van der Waals surface area contributed by atoms with Crippen LogP contribution in [0, 0.1) is 0 Å². The third-order valence-corrected chi connectivity index (χ3v) is 3.31. The Morgan fingerprint density at radius 3 is 2.47 bits per heavy atom. The number of amides is 1. The van der Waals surface area contributed by atoms with Gasteiger partial charge in [0.2, 0.25) is 0 Å². The normalized spacial score (nSPS) is 11.4. The second-order valence-corrected chi connectivity index (χ2v) is 5.79. The minimum absolute atomic E-state index is 0.120. The first-order chi connectivity index (χ1) is 9.02. The molecule has 0 unspecified atom stereocenters. The fourth-order valence-corrected chi connectivity index (χ4v) is 2.76. The van der Waals surface area contributed by atoms with Gasteiger partial charge in [0.15, 0.2) is 0 Å². The number of unbranched alkanes of at least 4 members (excludes halogenated alkanes) is 1. The summed E-state index contributed by atoms with van der Waals surface area (Å²) in [7, 11) is 0. The number of amidine groups is 1. The maximum Gasteiger partial charge on any atom is 0.251 e. The molecule has 0 bridgehead atoms. The number of hydrogen-bond acceptors (Lipinski definition) is 3. The number of carbonyl (C=O) groups excluding carboxylic acids is 1. The quantitative estimate of drug-likeness (QED) is 0.228. The second kappa shape index (κ2) is 8.16. The summed E-state index contributed by atoms with van der Waals surface area (Å²) >= 11 is 6.67. The van der Waals surface area contributed by atoms with E-state index in [-0.39, 0.29) is 11.7 Å². The molecule has 1 rings (SSSR count). The third-order valence-electron chi connectivity index (χ3n) is 2.40. The molecule has 0 aliphatic heterocycles. The first kappa shape index (κ1) is 16.0. The summed E-state index contributed by atoms with van der Waals surface area (Å²) in [6, 6.07) is 5.39. The molecule has 0 aliphatic rings. The van der Waals surface area contributed by atoms with Gasteiger partial charge >= 0.3 is 0 Å². The number of rotatable bonds is 6. The first-order valence-corrected chi connectivity index (χ1v) is 7.32. The lowest BCUT2D eigenvalue weighted by atomic mass is 10.2. The fourth-order valence-electron chi connectivity index (χ4n) is 1.47. The molecule has 0 saturated heterocycles. The summed E-state index contributed by atoms with van der Waals surface area (Å²) in [6.07, 6.45) is 2.06. The number of halogens is 2. The van der Waals surface area contributed by atoms with E-state index in [4.69, 9.17) is 10.9 Å². The fraction of sp³-hybridized carbons (Fsp3) is 0.333. The average molecular weight is 393 g/mol. The van der Waals surface area contributed by atoms with Gasteiger partial charge in [0.25, 0.3) is 5.91 Å². The number of hydrogen-bond donors (Lipinski definition) is 3. The maximum atomic E-state index is 11.9. The van der Waals surface area contributed by atoms with Gasteiger partial charge in [-0.15, -0.1) is 0 Å². The summed E-state index contributed by atoms with van der Waals surface area (Å²) in [5.41, 5.74) is 5.94. The standard InChI is InChI=1S/C12H15Br2N3O2/c13-9-5-8(6-10(14)7-9)12(18)16-4-2-1-3-11(15)17-19/h5-7,19H,1-4H2,(H2,15,17)(H,16,18). The van der Waals surface area contributed by atoms with E-state index in [2.05, 4.69) is 42.3 Å². The van der Waals surface area contributed by atoms with Gasteiger partial charge in [-0.05, 0) is 31.0 Å². The largest absolute Gasteiger partial charge is 0.409 e. The van der Waals surface area contributed by atoms with Gasteiger partial charge < -0.3 is 16.3 Å². The van der Waals surface area contributed by atoms with Crippen LogP contribution in [0.1, 0.15) is 29.6 Å². The van der Waals surface area contributed by atoms with Gasteiger partial charge in [-0.25, -0.2) is 0 Å². The molecular formula is C12H15Br2N3O2. The van der Waals surface area contributed by atoms with Crippen molar-refractivity contribution in [3.05, 3.63) is 32.7 Å². The van der Waals surface area contributed by atoms with Gasteiger partial charge in [-0.1, -0.05) is 37.0 Å². The second-order valence-electron chi connectivity index (χ2n) is 3.96. The van der Waals surface area contributed by atoms with Crippen molar-refractivity contribution in [3.8, 4) is 0 Å². The number of benzene rings is 1. The number of oxime groups is 1. The zero-order valence-electron chi connectivity index (χ0n) is 10.2. The Labute approximate surface area is 128 Å². The number of nitrogens with two attached hydrogens (primary N) is 1. The third kappa shape index (κ3) is 6.07. The van der Waals surface area contributed by atoms with Crippen molar-refractivity contribution in [2.24, 2.45) is 10.9 Å². The van der Waals surface area contributed by atoms with Crippen LogP contribution in [-0.2, 0) is 0 Å². The van der Waals surface area contributed by atoms with E-state index in [1.807, 2.05) is 6.07 Å². The maximum absolute atomic E-state index is 11.9. The molecule has 0 saturated carbocycles. The highest BCUT2D eigenvalue weighted by molar-refractivity contribution is 9.11. The lowest BCUT2D eigenvalue weighted by Gasteiger charge is -2.06.